The standard InChI is InChI=1S/C13H27N3O.2ClH/c1-11(2)3-6-16-7-4-12(5-8-16)10-15-13(17)9-14;;/h11-12H,3-10,14H2,1-2H3,(H,15,17);2*1H. The molecule has 116 valence electrons. The van der Waals surface area contributed by atoms with Crippen molar-refractivity contribution in [3.8, 4) is 0 Å². The van der Waals surface area contributed by atoms with E-state index in [1.54, 1.807) is 0 Å². The molecule has 0 atom stereocenters. The monoisotopic (exact) mass is 313 g/mol. The molecule has 0 radical (unpaired) electrons. The van der Waals surface area contributed by atoms with Gasteiger partial charge in [0.2, 0.25) is 5.91 Å². The van der Waals surface area contributed by atoms with Crippen molar-refractivity contribution in [2.45, 2.75) is 33.1 Å². The normalized spacial score (nSPS) is 16.6. The number of carbonyl (C=O) groups excluding carboxylic acids is 1. The van der Waals surface area contributed by atoms with Crippen molar-refractivity contribution in [1.29, 1.82) is 0 Å². The summed E-state index contributed by atoms with van der Waals surface area (Å²) in [5.41, 5.74) is 5.26. The van der Waals surface area contributed by atoms with Gasteiger partial charge in [0.1, 0.15) is 0 Å². The quantitative estimate of drug-likeness (QED) is 0.784. The fourth-order valence-corrected chi connectivity index (χ4v) is 2.19. The van der Waals surface area contributed by atoms with Gasteiger partial charge in [-0.2, -0.15) is 0 Å². The van der Waals surface area contributed by atoms with Gasteiger partial charge >= 0.3 is 0 Å². The Morgan fingerprint density at radius 3 is 2.37 bits per heavy atom. The molecule has 1 heterocycles. The van der Waals surface area contributed by atoms with Crippen LogP contribution >= 0.6 is 24.8 Å². The third-order valence-corrected chi connectivity index (χ3v) is 3.50. The van der Waals surface area contributed by atoms with Crippen molar-refractivity contribution in [2.24, 2.45) is 17.6 Å². The Bertz CT molecular complexity index is 232. The second-order valence-electron chi connectivity index (χ2n) is 5.48. The summed E-state index contributed by atoms with van der Waals surface area (Å²) in [5, 5.41) is 2.88. The number of carbonyl (C=O) groups is 1. The minimum Gasteiger partial charge on any atom is -0.355 e. The summed E-state index contributed by atoms with van der Waals surface area (Å²) >= 11 is 0. The lowest BCUT2D eigenvalue weighted by atomic mass is 9.96. The lowest BCUT2D eigenvalue weighted by molar-refractivity contribution is -0.120. The third-order valence-electron chi connectivity index (χ3n) is 3.50. The molecule has 1 amide bonds. The van der Waals surface area contributed by atoms with E-state index >= 15 is 0 Å². The molecule has 0 spiro atoms. The number of hydrogen-bond donors (Lipinski definition) is 2. The smallest absolute Gasteiger partial charge is 0.233 e. The first kappa shape index (κ1) is 21.3. The van der Waals surface area contributed by atoms with E-state index in [-0.39, 0.29) is 37.3 Å². The zero-order chi connectivity index (χ0) is 12.7. The molecule has 0 saturated carbocycles. The molecular weight excluding hydrogens is 285 g/mol. The predicted molar refractivity (Wildman–Crippen MR) is 85.2 cm³/mol. The topological polar surface area (TPSA) is 58.4 Å². The summed E-state index contributed by atoms with van der Waals surface area (Å²) in [5.74, 6) is 1.39. The molecule has 1 aliphatic rings. The van der Waals surface area contributed by atoms with Gasteiger partial charge in [-0.25, -0.2) is 0 Å². The molecule has 3 N–H and O–H groups in total. The van der Waals surface area contributed by atoms with Crippen molar-refractivity contribution in [3.63, 3.8) is 0 Å². The summed E-state index contributed by atoms with van der Waals surface area (Å²) in [7, 11) is 0. The van der Waals surface area contributed by atoms with E-state index in [2.05, 4.69) is 24.1 Å². The van der Waals surface area contributed by atoms with Crippen LogP contribution in [0.4, 0.5) is 0 Å². The fraction of sp³-hybridized carbons (Fsp3) is 0.923. The van der Waals surface area contributed by atoms with Gasteiger partial charge in [-0.1, -0.05) is 13.8 Å². The number of nitrogens with zero attached hydrogens (tertiary/aromatic N) is 1. The van der Waals surface area contributed by atoms with Crippen molar-refractivity contribution in [2.75, 3.05) is 32.7 Å². The number of halogens is 2. The Labute approximate surface area is 129 Å². The van der Waals surface area contributed by atoms with E-state index in [0.29, 0.717) is 5.92 Å². The lowest BCUT2D eigenvalue weighted by Crippen LogP contribution is -2.40. The number of amides is 1. The van der Waals surface area contributed by atoms with Gasteiger partial charge in [0.15, 0.2) is 0 Å². The molecule has 0 aromatic rings. The molecule has 1 aliphatic heterocycles. The molecule has 1 fully saturated rings. The second kappa shape index (κ2) is 11.8. The largest absolute Gasteiger partial charge is 0.355 e. The SMILES string of the molecule is CC(C)CCN1CCC(CNC(=O)CN)CC1.Cl.Cl. The van der Waals surface area contributed by atoms with Crippen LogP contribution in [0.5, 0.6) is 0 Å². The Balaban J connectivity index is 0. The maximum absolute atomic E-state index is 11.0. The summed E-state index contributed by atoms with van der Waals surface area (Å²) in [4.78, 5) is 13.6. The Morgan fingerprint density at radius 1 is 1.32 bits per heavy atom. The molecular formula is C13H29Cl2N3O. The van der Waals surface area contributed by atoms with E-state index in [9.17, 15) is 4.79 Å². The molecule has 0 aromatic carbocycles. The third kappa shape index (κ3) is 9.50. The molecule has 6 heteroatoms. The first-order chi connectivity index (χ1) is 8.11. The molecule has 0 aromatic heterocycles. The second-order valence-corrected chi connectivity index (χ2v) is 5.48. The van der Waals surface area contributed by atoms with Gasteiger partial charge in [0, 0.05) is 6.54 Å². The molecule has 19 heavy (non-hydrogen) atoms. The highest BCUT2D eigenvalue weighted by molar-refractivity contribution is 5.85. The van der Waals surface area contributed by atoms with E-state index in [1.807, 2.05) is 0 Å². The molecule has 0 bridgehead atoms. The maximum Gasteiger partial charge on any atom is 0.233 e. The van der Waals surface area contributed by atoms with Gasteiger partial charge in [-0.05, 0) is 50.7 Å². The summed E-state index contributed by atoms with van der Waals surface area (Å²) in [6, 6.07) is 0. The maximum atomic E-state index is 11.0. The number of likely N-dealkylation sites (tertiary alicyclic amines) is 1. The van der Waals surface area contributed by atoms with Crippen molar-refractivity contribution in [3.05, 3.63) is 0 Å². The average molecular weight is 314 g/mol. The molecule has 1 rings (SSSR count). The van der Waals surface area contributed by atoms with E-state index in [1.165, 1.54) is 38.9 Å². The van der Waals surface area contributed by atoms with Crippen LogP contribution in [0, 0.1) is 11.8 Å². The van der Waals surface area contributed by atoms with E-state index < -0.39 is 0 Å². The summed E-state index contributed by atoms with van der Waals surface area (Å²) < 4.78 is 0. The van der Waals surface area contributed by atoms with Crippen LogP contribution < -0.4 is 11.1 Å². The number of nitrogens with one attached hydrogen (secondary N) is 1. The van der Waals surface area contributed by atoms with Gasteiger partial charge < -0.3 is 16.0 Å². The minimum absolute atomic E-state index is 0. The van der Waals surface area contributed by atoms with Crippen molar-refractivity contribution < 1.29 is 4.79 Å². The molecule has 4 nitrogen and oxygen atoms in total. The first-order valence-corrected chi connectivity index (χ1v) is 6.81. The number of nitrogens with two attached hydrogens (primary N) is 1. The van der Waals surface area contributed by atoms with Gasteiger partial charge in [0.25, 0.3) is 0 Å². The van der Waals surface area contributed by atoms with Crippen LogP contribution in [-0.2, 0) is 4.79 Å². The van der Waals surface area contributed by atoms with Crippen LogP contribution in [0.3, 0.4) is 0 Å². The highest BCUT2D eigenvalue weighted by Gasteiger charge is 2.19. The molecule has 0 aliphatic carbocycles. The van der Waals surface area contributed by atoms with Crippen molar-refractivity contribution in [1.82, 2.24) is 10.2 Å². The highest BCUT2D eigenvalue weighted by Crippen LogP contribution is 2.17. The van der Waals surface area contributed by atoms with Crippen LogP contribution in [0.2, 0.25) is 0 Å². The van der Waals surface area contributed by atoms with Crippen LogP contribution in [0.1, 0.15) is 33.1 Å². The van der Waals surface area contributed by atoms with Crippen LogP contribution in [0.25, 0.3) is 0 Å². The average Bonchev–Trinajstić information content (AvgIpc) is 2.34. The van der Waals surface area contributed by atoms with Gasteiger partial charge in [-0.3, -0.25) is 4.79 Å². The van der Waals surface area contributed by atoms with Crippen LogP contribution in [0.15, 0.2) is 0 Å². The number of hydrogen-bond acceptors (Lipinski definition) is 3. The summed E-state index contributed by atoms with van der Waals surface area (Å²) in [6.45, 7) is 9.02. The molecule has 0 unspecified atom stereocenters. The Kier molecular flexibility index (Phi) is 13.2. The summed E-state index contributed by atoms with van der Waals surface area (Å²) in [6.07, 6.45) is 3.68. The fourth-order valence-electron chi connectivity index (χ4n) is 2.19. The zero-order valence-electron chi connectivity index (χ0n) is 12.1. The zero-order valence-corrected chi connectivity index (χ0v) is 13.7. The minimum atomic E-state index is -0.0350. The van der Waals surface area contributed by atoms with E-state index in [4.69, 9.17) is 5.73 Å². The van der Waals surface area contributed by atoms with Gasteiger partial charge in [0.05, 0.1) is 6.54 Å². The van der Waals surface area contributed by atoms with Crippen molar-refractivity contribution >= 4 is 30.7 Å². The van der Waals surface area contributed by atoms with Crippen LogP contribution in [-0.4, -0.2) is 43.5 Å². The Morgan fingerprint density at radius 2 is 1.89 bits per heavy atom. The number of piperidine rings is 1. The van der Waals surface area contributed by atoms with Gasteiger partial charge in [-0.15, -0.1) is 24.8 Å². The lowest BCUT2D eigenvalue weighted by Gasteiger charge is -2.32. The predicted octanol–water partition coefficient (Wildman–Crippen LogP) is 1.66. The first-order valence-electron chi connectivity index (χ1n) is 6.81. The number of rotatable bonds is 6. The highest BCUT2D eigenvalue weighted by atomic mass is 35.5. The van der Waals surface area contributed by atoms with E-state index in [0.717, 1.165) is 12.5 Å². The Hall–Kier alpha value is -0.0300. The molecule has 1 saturated heterocycles.